The Morgan fingerprint density at radius 1 is 1.27 bits per heavy atom. The zero-order valence-corrected chi connectivity index (χ0v) is 12.4. The minimum atomic E-state index is -1.23. The highest BCUT2D eigenvalue weighted by molar-refractivity contribution is 6.01. The van der Waals surface area contributed by atoms with E-state index < -0.39 is 11.9 Å². The summed E-state index contributed by atoms with van der Waals surface area (Å²) < 4.78 is 11.6. The van der Waals surface area contributed by atoms with Crippen LogP contribution in [0.3, 0.4) is 0 Å². The standard InChI is InChI=1S/C15H16N2O5/c1-9(2)17-13(12(8-16-17)14(18)19)15(20)22-11-6-4-5-10(7-11)21-3/h4-9H,1-3H3,(H,18,19). The lowest BCUT2D eigenvalue weighted by molar-refractivity contribution is 0.0661. The second kappa shape index (κ2) is 6.30. The number of hydrogen-bond acceptors (Lipinski definition) is 5. The Hall–Kier alpha value is -2.83. The van der Waals surface area contributed by atoms with Gasteiger partial charge in [0.15, 0.2) is 5.69 Å². The monoisotopic (exact) mass is 304 g/mol. The number of benzene rings is 1. The molecule has 0 fully saturated rings. The van der Waals surface area contributed by atoms with E-state index in [4.69, 9.17) is 9.47 Å². The van der Waals surface area contributed by atoms with Gasteiger partial charge in [-0.3, -0.25) is 4.68 Å². The first-order chi connectivity index (χ1) is 10.4. The van der Waals surface area contributed by atoms with Crippen molar-refractivity contribution in [2.75, 3.05) is 7.11 Å². The fourth-order valence-electron chi connectivity index (χ4n) is 1.93. The van der Waals surface area contributed by atoms with Gasteiger partial charge in [0.05, 0.1) is 13.3 Å². The average Bonchev–Trinajstić information content (AvgIpc) is 2.92. The molecule has 0 aliphatic heterocycles. The van der Waals surface area contributed by atoms with Crippen LogP contribution in [-0.4, -0.2) is 33.9 Å². The molecule has 0 unspecified atom stereocenters. The highest BCUT2D eigenvalue weighted by atomic mass is 16.5. The third-order valence-electron chi connectivity index (χ3n) is 2.96. The molecule has 0 aliphatic carbocycles. The second-order valence-corrected chi connectivity index (χ2v) is 4.82. The number of esters is 1. The summed E-state index contributed by atoms with van der Waals surface area (Å²) in [5, 5.41) is 13.1. The number of nitrogens with zero attached hydrogens (tertiary/aromatic N) is 2. The molecule has 1 aromatic carbocycles. The number of carbonyl (C=O) groups is 2. The minimum Gasteiger partial charge on any atom is -0.497 e. The van der Waals surface area contributed by atoms with Crippen molar-refractivity contribution in [3.8, 4) is 11.5 Å². The number of aromatic carboxylic acids is 1. The third-order valence-corrected chi connectivity index (χ3v) is 2.96. The SMILES string of the molecule is COc1cccc(OC(=O)c2c(C(=O)O)cnn2C(C)C)c1. The molecule has 2 rings (SSSR count). The smallest absolute Gasteiger partial charge is 0.362 e. The van der Waals surface area contributed by atoms with Crippen molar-refractivity contribution in [3.05, 3.63) is 41.7 Å². The molecule has 1 aromatic heterocycles. The van der Waals surface area contributed by atoms with E-state index in [-0.39, 0.29) is 23.0 Å². The van der Waals surface area contributed by atoms with Crippen LogP contribution in [0.15, 0.2) is 30.5 Å². The van der Waals surface area contributed by atoms with Gasteiger partial charge in [-0.05, 0) is 26.0 Å². The molecule has 0 amide bonds. The van der Waals surface area contributed by atoms with Gasteiger partial charge in [-0.25, -0.2) is 9.59 Å². The Kier molecular flexibility index (Phi) is 4.45. The Balaban J connectivity index is 2.36. The highest BCUT2D eigenvalue weighted by Crippen LogP contribution is 2.22. The Bertz CT molecular complexity index is 706. The molecule has 0 saturated carbocycles. The molecular weight excluding hydrogens is 288 g/mol. The van der Waals surface area contributed by atoms with Gasteiger partial charge in [-0.1, -0.05) is 6.07 Å². The zero-order valence-electron chi connectivity index (χ0n) is 12.4. The number of rotatable bonds is 5. The summed E-state index contributed by atoms with van der Waals surface area (Å²) in [4.78, 5) is 23.6. The van der Waals surface area contributed by atoms with Crippen LogP contribution in [0.5, 0.6) is 11.5 Å². The third kappa shape index (κ3) is 3.08. The largest absolute Gasteiger partial charge is 0.497 e. The van der Waals surface area contributed by atoms with Crippen LogP contribution in [0.4, 0.5) is 0 Å². The van der Waals surface area contributed by atoms with Crippen molar-refractivity contribution < 1.29 is 24.2 Å². The topological polar surface area (TPSA) is 90.7 Å². The molecule has 0 aliphatic rings. The lowest BCUT2D eigenvalue weighted by Crippen LogP contribution is -2.20. The van der Waals surface area contributed by atoms with Crippen LogP contribution in [0, 0.1) is 0 Å². The van der Waals surface area contributed by atoms with Gasteiger partial charge >= 0.3 is 11.9 Å². The molecule has 0 spiro atoms. The molecule has 1 heterocycles. The summed E-state index contributed by atoms with van der Waals surface area (Å²) in [7, 11) is 1.50. The normalized spacial score (nSPS) is 10.5. The number of methoxy groups -OCH3 is 1. The van der Waals surface area contributed by atoms with Crippen molar-refractivity contribution >= 4 is 11.9 Å². The first-order valence-electron chi connectivity index (χ1n) is 6.61. The van der Waals surface area contributed by atoms with Gasteiger partial charge in [0, 0.05) is 12.1 Å². The van der Waals surface area contributed by atoms with E-state index in [1.165, 1.54) is 17.9 Å². The molecule has 0 radical (unpaired) electrons. The molecule has 2 aromatic rings. The maximum absolute atomic E-state index is 12.3. The van der Waals surface area contributed by atoms with Crippen LogP contribution in [0.2, 0.25) is 0 Å². The van der Waals surface area contributed by atoms with E-state index in [0.29, 0.717) is 5.75 Å². The highest BCUT2D eigenvalue weighted by Gasteiger charge is 2.26. The first-order valence-corrected chi connectivity index (χ1v) is 6.61. The van der Waals surface area contributed by atoms with Crippen molar-refractivity contribution in [2.24, 2.45) is 0 Å². The van der Waals surface area contributed by atoms with Gasteiger partial charge in [0.25, 0.3) is 0 Å². The van der Waals surface area contributed by atoms with Gasteiger partial charge < -0.3 is 14.6 Å². The lowest BCUT2D eigenvalue weighted by Gasteiger charge is -2.11. The maximum Gasteiger partial charge on any atom is 0.362 e. The molecule has 0 atom stereocenters. The first kappa shape index (κ1) is 15.6. The molecule has 1 N–H and O–H groups in total. The summed E-state index contributed by atoms with van der Waals surface area (Å²) >= 11 is 0. The Labute approximate surface area is 127 Å². The Morgan fingerprint density at radius 3 is 2.55 bits per heavy atom. The van der Waals surface area contributed by atoms with Gasteiger partial charge in [0.2, 0.25) is 0 Å². The van der Waals surface area contributed by atoms with E-state index in [9.17, 15) is 14.7 Å². The second-order valence-electron chi connectivity index (χ2n) is 4.82. The van der Waals surface area contributed by atoms with Crippen LogP contribution in [0.25, 0.3) is 0 Å². The Morgan fingerprint density at radius 2 is 1.95 bits per heavy atom. The summed E-state index contributed by atoms with van der Waals surface area (Å²) in [5.41, 5.74) is -0.285. The molecule has 116 valence electrons. The summed E-state index contributed by atoms with van der Waals surface area (Å²) in [6.07, 6.45) is 1.14. The molecule has 22 heavy (non-hydrogen) atoms. The van der Waals surface area contributed by atoms with Crippen LogP contribution in [-0.2, 0) is 0 Å². The number of aromatic nitrogens is 2. The minimum absolute atomic E-state index is 0.0923. The van der Waals surface area contributed by atoms with E-state index in [0.717, 1.165) is 6.20 Å². The van der Waals surface area contributed by atoms with Gasteiger partial charge in [-0.15, -0.1) is 0 Å². The molecular formula is C15H16N2O5. The van der Waals surface area contributed by atoms with Crippen LogP contribution < -0.4 is 9.47 Å². The molecule has 7 nitrogen and oxygen atoms in total. The van der Waals surface area contributed by atoms with E-state index in [1.54, 1.807) is 32.0 Å². The number of carbonyl (C=O) groups excluding carboxylic acids is 1. The van der Waals surface area contributed by atoms with E-state index in [1.807, 2.05) is 0 Å². The van der Waals surface area contributed by atoms with Crippen LogP contribution in [0.1, 0.15) is 40.7 Å². The molecule has 0 saturated heterocycles. The number of ether oxygens (including phenoxy) is 2. The number of carboxylic acids is 1. The van der Waals surface area contributed by atoms with Crippen molar-refractivity contribution in [1.82, 2.24) is 9.78 Å². The quantitative estimate of drug-likeness (QED) is 0.673. The molecule has 7 heteroatoms. The van der Waals surface area contributed by atoms with E-state index in [2.05, 4.69) is 5.10 Å². The summed E-state index contributed by atoms with van der Waals surface area (Å²) in [6.45, 7) is 3.59. The predicted octanol–water partition coefficient (Wildman–Crippen LogP) is 2.39. The fraction of sp³-hybridized carbons (Fsp3) is 0.267. The fourth-order valence-corrected chi connectivity index (χ4v) is 1.93. The summed E-state index contributed by atoms with van der Waals surface area (Å²) in [6, 6.07) is 6.31. The predicted molar refractivity (Wildman–Crippen MR) is 77.5 cm³/mol. The lowest BCUT2D eigenvalue weighted by atomic mass is 10.2. The van der Waals surface area contributed by atoms with Gasteiger partial charge in [-0.2, -0.15) is 5.10 Å². The average molecular weight is 304 g/mol. The molecule has 0 bridgehead atoms. The van der Waals surface area contributed by atoms with Crippen molar-refractivity contribution in [2.45, 2.75) is 19.9 Å². The van der Waals surface area contributed by atoms with Crippen molar-refractivity contribution in [3.63, 3.8) is 0 Å². The van der Waals surface area contributed by atoms with Crippen LogP contribution >= 0.6 is 0 Å². The zero-order chi connectivity index (χ0) is 16.3. The summed E-state index contributed by atoms with van der Waals surface area (Å²) in [5.74, 6) is -1.22. The van der Waals surface area contributed by atoms with Crippen molar-refractivity contribution in [1.29, 1.82) is 0 Å². The number of hydrogen-bond donors (Lipinski definition) is 1. The van der Waals surface area contributed by atoms with Gasteiger partial charge in [0.1, 0.15) is 17.1 Å². The van der Waals surface area contributed by atoms with E-state index >= 15 is 0 Å². The maximum atomic E-state index is 12.3. The number of carboxylic acid groups (broad SMARTS) is 1.